The van der Waals surface area contributed by atoms with E-state index in [9.17, 15) is 4.79 Å². The van der Waals surface area contributed by atoms with Crippen molar-refractivity contribution in [3.63, 3.8) is 0 Å². The van der Waals surface area contributed by atoms with Gasteiger partial charge in [0, 0.05) is 45.5 Å². The summed E-state index contributed by atoms with van der Waals surface area (Å²) in [6.07, 6.45) is 4.30. The van der Waals surface area contributed by atoms with Crippen molar-refractivity contribution >= 4 is 38.9 Å². The maximum absolute atomic E-state index is 12.5. The Hall–Kier alpha value is -2.83. The van der Waals surface area contributed by atoms with Gasteiger partial charge in [0.15, 0.2) is 0 Å². The summed E-state index contributed by atoms with van der Waals surface area (Å²) in [7, 11) is 0. The van der Waals surface area contributed by atoms with Crippen molar-refractivity contribution in [3.8, 4) is 11.3 Å². The lowest BCUT2D eigenvalue weighted by Gasteiger charge is -2.10. The van der Waals surface area contributed by atoms with E-state index in [4.69, 9.17) is 4.98 Å². The summed E-state index contributed by atoms with van der Waals surface area (Å²) < 4.78 is 0.878. The highest BCUT2D eigenvalue weighted by Gasteiger charge is 2.10. The number of nitrogens with zero attached hydrogens (tertiary/aromatic N) is 2. The molecule has 0 radical (unpaired) electrons. The van der Waals surface area contributed by atoms with Crippen molar-refractivity contribution in [2.45, 2.75) is 13.3 Å². The Labute approximate surface area is 181 Å². The summed E-state index contributed by atoms with van der Waals surface area (Å²) >= 11 is 5.04. The topological polar surface area (TPSA) is 54.9 Å². The SMILES string of the molecule is Cc1ccc(NC(=O)c2cccc(Br)c2)cc1Cc1nc(-c2cccnc2)cs1. The van der Waals surface area contributed by atoms with Gasteiger partial charge in [-0.1, -0.05) is 28.1 Å². The van der Waals surface area contributed by atoms with Gasteiger partial charge in [0.2, 0.25) is 0 Å². The van der Waals surface area contributed by atoms with E-state index in [0.29, 0.717) is 5.56 Å². The Kier molecular flexibility index (Phi) is 5.83. The molecule has 2 aromatic carbocycles. The fraction of sp³-hybridized carbons (Fsp3) is 0.0870. The molecule has 0 spiro atoms. The predicted molar refractivity (Wildman–Crippen MR) is 121 cm³/mol. The molecule has 0 saturated heterocycles. The van der Waals surface area contributed by atoms with Gasteiger partial charge in [-0.05, 0) is 60.5 Å². The van der Waals surface area contributed by atoms with Crippen LogP contribution in [0.5, 0.6) is 0 Å². The minimum absolute atomic E-state index is 0.130. The first-order valence-electron chi connectivity index (χ1n) is 9.10. The quantitative estimate of drug-likeness (QED) is 0.387. The van der Waals surface area contributed by atoms with Gasteiger partial charge < -0.3 is 5.32 Å². The molecule has 4 aromatic rings. The zero-order valence-corrected chi connectivity index (χ0v) is 18.1. The van der Waals surface area contributed by atoms with E-state index in [1.807, 2.05) is 48.7 Å². The summed E-state index contributed by atoms with van der Waals surface area (Å²) in [4.78, 5) is 21.4. The standard InChI is InChI=1S/C23H18BrN3OS/c1-15-7-8-20(26-23(28)16-4-2-6-19(24)10-16)11-18(15)12-22-27-21(14-29-22)17-5-3-9-25-13-17/h2-11,13-14H,12H2,1H3,(H,26,28). The van der Waals surface area contributed by atoms with Gasteiger partial charge in [-0.2, -0.15) is 0 Å². The van der Waals surface area contributed by atoms with E-state index in [1.54, 1.807) is 29.7 Å². The van der Waals surface area contributed by atoms with Crippen LogP contribution in [0, 0.1) is 6.92 Å². The summed E-state index contributed by atoms with van der Waals surface area (Å²) in [6, 6.07) is 17.3. The second-order valence-electron chi connectivity index (χ2n) is 6.65. The van der Waals surface area contributed by atoms with Crippen LogP contribution in [-0.2, 0) is 6.42 Å². The third-order valence-electron chi connectivity index (χ3n) is 4.54. The van der Waals surface area contributed by atoms with Crippen molar-refractivity contribution in [1.82, 2.24) is 9.97 Å². The van der Waals surface area contributed by atoms with Crippen LogP contribution in [0.1, 0.15) is 26.5 Å². The van der Waals surface area contributed by atoms with Crippen LogP contribution >= 0.6 is 27.3 Å². The summed E-state index contributed by atoms with van der Waals surface area (Å²) in [6.45, 7) is 2.07. The van der Waals surface area contributed by atoms with E-state index in [-0.39, 0.29) is 5.91 Å². The van der Waals surface area contributed by atoms with E-state index < -0.39 is 0 Å². The Balaban J connectivity index is 1.52. The zero-order valence-electron chi connectivity index (χ0n) is 15.7. The number of hydrogen-bond donors (Lipinski definition) is 1. The molecule has 0 aliphatic carbocycles. The first-order chi connectivity index (χ1) is 14.1. The van der Waals surface area contributed by atoms with Crippen LogP contribution in [0.15, 0.2) is 76.8 Å². The van der Waals surface area contributed by atoms with Crippen molar-refractivity contribution in [3.05, 3.63) is 98.5 Å². The molecule has 2 heterocycles. The van der Waals surface area contributed by atoms with Crippen molar-refractivity contribution in [1.29, 1.82) is 0 Å². The molecule has 0 unspecified atom stereocenters. The maximum atomic E-state index is 12.5. The van der Waals surface area contributed by atoms with Crippen LogP contribution in [0.25, 0.3) is 11.3 Å². The number of anilines is 1. The molecule has 0 saturated carbocycles. The number of hydrogen-bond acceptors (Lipinski definition) is 4. The Bertz CT molecular complexity index is 1160. The van der Waals surface area contributed by atoms with E-state index >= 15 is 0 Å². The first kappa shape index (κ1) is 19.5. The number of rotatable bonds is 5. The molecule has 1 amide bonds. The average Bonchev–Trinajstić information content (AvgIpc) is 3.20. The number of nitrogens with one attached hydrogen (secondary N) is 1. The molecular formula is C23H18BrN3OS. The number of benzene rings is 2. The maximum Gasteiger partial charge on any atom is 0.255 e. The number of aromatic nitrogens is 2. The second-order valence-corrected chi connectivity index (χ2v) is 8.51. The van der Waals surface area contributed by atoms with Gasteiger partial charge in [0.05, 0.1) is 10.7 Å². The lowest BCUT2D eigenvalue weighted by atomic mass is 10.0. The molecule has 4 nitrogen and oxygen atoms in total. The number of carbonyl (C=O) groups excluding carboxylic acids is 1. The smallest absolute Gasteiger partial charge is 0.255 e. The van der Waals surface area contributed by atoms with Crippen molar-refractivity contribution in [2.24, 2.45) is 0 Å². The van der Waals surface area contributed by atoms with Crippen LogP contribution in [0.4, 0.5) is 5.69 Å². The molecule has 0 aliphatic heterocycles. The van der Waals surface area contributed by atoms with Gasteiger partial charge in [-0.3, -0.25) is 9.78 Å². The Morgan fingerprint density at radius 1 is 1.14 bits per heavy atom. The fourth-order valence-corrected chi connectivity index (χ4v) is 4.20. The highest BCUT2D eigenvalue weighted by molar-refractivity contribution is 9.10. The molecule has 0 aliphatic rings. The number of amides is 1. The van der Waals surface area contributed by atoms with E-state index in [0.717, 1.165) is 38.4 Å². The van der Waals surface area contributed by atoms with Gasteiger partial charge in [-0.25, -0.2) is 4.98 Å². The van der Waals surface area contributed by atoms with Crippen LogP contribution < -0.4 is 5.32 Å². The first-order valence-corrected chi connectivity index (χ1v) is 10.8. The molecule has 2 aromatic heterocycles. The Morgan fingerprint density at radius 3 is 2.83 bits per heavy atom. The van der Waals surface area contributed by atoms with Crippen LogP contribution in [0.2, 0.25) is 0 Å². The second kappa shape index (κ2) is 8.68. The van der Waals surface area contributed by atoms with E-state index in [1.165, 1.54) is 5.56 Å². The van der Waals surface area contributed by atoms with Gasteiger partial charge in [0.25, 0.3) is 5.91 Å². The molecule has 0 bridgehead atoms. The molecule has 4 rings (SSSR count). The molecule has 1 N–H and O–H groups in total. The summed E-state index contributed by atoms with van der Waals surface area (Å²) in [5, 5.41) is 6.07. The third kappa shape index (κ3) is 4.78. The van der Waals surface area contributed by atoms with Crippen LogP contribution in [-0.4, -0.2) is 15.9 Å². The third-order valence-corrected chi connectivity index (χ3v) is 5.89. The van der Waals surface area contributed by atoms with Gasteiger partial charge in [-0.15, -0.1) is 11.3 Å². The highest BCUT2D eigenvalue weighted by Crippen LogP contribution is 2.25. The monoisotopic (exact) mass is 463 g/mol. The molecule has 29 heavy (non-hydrogen) atoms. The molecule has 144 valence electrons. The number of carbonyl (C=O) groups is 1. The van der Waals surface area contributed by atoms with Crippen LogP contribution in [0.3, 0.4) is 0 Å². The zero-order chi connectivity index (χ0) is 20.2. The Morgan fingerprint density at radius 2 is 2.03 bits per heavy atom. The number of aryl methyl sites for hydroxylation is 1. The molecule has 6 heteroatoms. The van der Waals surface area contributed by atoms with Crippen molar-refractivity contribution < 1.29 is 4.79 Å². The largest absolute Gasteiger partial charge is 0.322 e. The lowest BCUT2D eigenvalue weighted by molar-refractivity contribution is 0.102. The van der Waals surface area contributed by atoms with Gasteiger partial charge in [0.1, 0.15) is 0 Å². The normalized spacial score (nSPS) is 10.7. The predicted octanol–water partition coefficient (Wildman–Crippen LogP) is 6.12. The number of thiazole rings is 1. The summed E-state index contributed by atoms with van der Waals surface area (Å²) in [5.41, 5.74) is 5.66. The number of pyridine rings is 1. The lowest BCUT2D eigenvalue weighted by Crippen LogP contribution is -2.12. The molecule has 0 fully saturated rings. The minimum Gasteiger partial charge on any atom is -0.322 e. The highest BCUT2D eigenvalue weighted by atomic mass is 79.9. The molecular weight excluding hydrogens is 446 g/mol. The average molecular weight is 464 g/mol. The fourth-order valence-electron chi connectivity index (χ4n) is 2.97. The van der Waals surface area contributed by atoms with Crippen molar-refractivity contribution in [2.75, 3.05) is 5.32 Å². The minimum atomic E-state index is -0.130. The van der Waals surface area contributed by atoms with E-state index in [2.05, 4.69) is 38.5 Å². The summed E-state index contributed by atoms with van der Waals surface area (Å²) in [5.74, 6) is -0.130. The molecule has 0 atom stereocenters. The van der Waals surface area contributed by atoms with Gasteiger partial charge >= 0.3 is 0 Å². The number of halogens is 1.